The summed E-state index contributed by atoms with van der Waals surface area (Å²) in [6.45, 7) is 1.83. The highest BCUT2D eigenvalue weighted by molar-refractivity contribution is 6.33. The highest BCUT2D eigenvalue weighted by atomic mass is 35.5. The fourth-order valence-corrected chi connectivity index (χ4v) is 1.46. The maximum Gasteiger partial charge on any atom is 0.267 e. The molecule has 0 aliphatic heterocycles. The number of amides is 1. The lowest BCUT2D eigenvalue weighted by Crippen LogP contribution is -2.22. The van der Waals surface area contributed by atoms with Crippen molar-refractivity contribution in [2.45, 2.75) is 13.0 Å². The fraction of sp³-hybridized carbons (Fsp3) is 0.231. The Kier molecular flexibility index (Phi) is 5.84. The number of nitrogen functional groups attached to an aromatic ring is 1. The van der Waals surface area contributed by atoms with E-state index in [0.717, 1.165) is 0 Å². The lowest BCUT2D eigenvalue weighted by Gasteiger charge is -2.07. The quantitative estimate of drug-likeness (QED) is 0.371. The average molecular weight is 295 g/mol. The van der Waals surface area contributed by atoms with Gasteiger partial charge >= 0.3 is 0 Å². The molecular weight excluding hydrogens is 280 g/mol. The van der Waals surface area contributed by atoms with Crippen molar-refractivity contribution in [2.24, 2.45) is 0 Å². The first kappa shape index (κ1) is 15.8. The summed E-state index contributed by atoms with van der Waals surface area (Å²) >= 11 is 5.83. The summed E-state index contributed by atoms with van der Waals surface area (Å²) in [4.78, 5) is 11.8. The van der Waals surface area contributed by atoms with Crippen molar-refractivity contribution >= 4 is 28.9 Å². The third-order valence-corrected chi connectivity index (χ3v) is 2.61. The van der Waals surface area contributed by atoms with E-state index in [4.69, 9.17) is 27.7 Å². The lowest BCUT2D eigenvalue weighted by atomic mass is 10.2. The number of hydrogen-bond donors (Lipinski definition) is 4. The highest BCUT2D eigenvalue weighted by Crippen LogP contribution is 2.22. The number of halogens is 1. The van der Waals surface area contributed by atoms with Crippen LogP contribution in [0.3, 0.4) is 0 Å². The van der Waals surface area contributed by atoms with E-state index < -0.39 is 12.0 Å². The Bertz CT molecular complexity index is 564. The minimum atomic E-state index is -0.579. The topological polar surface area (TPSA) is 111 Å². The van der Waals surface area contributed by atoms with Gasteiger partial charge in [0.05, 0.1) is 16.8 Å². The number of anilines is 2. The number of benzene rings is 1. The number of hydrogen-bond acceptors (Lipinski definition) is 5. The minimum Gasteiger partial charge on any atom is -0.398 e. The number of nitrogens with zero attached hydrogens (tertiary/aromatic N) is 1. The molecule has 0 aliphatic carbocycles. The molecule has 1 aromatic carbocycles. The molecule has 106 valence electrons. The van der Waals surface area contributed by atoms with Crippen molar-refractivity contribution in [1.29, 1.82) is 5.26 Å². The van der Waals surface area contributed by atoms with Gasteiger partial charge in [-0.05, 0) is 25.1 Å². The van der Waals surface area contributed by atoms with Crippen LogP contribution in [0.15, 0.2) is 30.0 Å². The number of nitriles is 1. The molecule has 20 heavy (non-hydrogen) atoms. The second kappa shape index (κ2) is 7.38. The van der Waals surface area contributed by atoms with Gasteiger partial charge in [0.25, 0.3) is 5.91 Å². The van der Waals surface area contributed by atoms with E-state index in [1.165, 1.54) is 12.3 Å². The molecule has 0 fully saturated rings. The van der Waals surface area contributed by atoms with Gasteiger partial charge in [0, 0.05) is 18.4 Å². The van der Waals surface area contributed by atoms with E-state index in [0.29, 0.717) is 16.4 Å². The predicted molar refractivity (Wildman–Crippen MR) is 77.9 cm³/mol. The van der Waals surface area contributed by atoms with E-state index in [1.807, 2.05) is 0 Å². The number of carbonyl (C=O) groups is 1. The minimum absolute atomic E-state index is 0.112. The molecule has 0 aliphatic rings. The van der Waals surface area contributed by atoms with Crippen LogP contribution >= 0.6 is 11.6 Å². The van der Waals surface area contributed by atoms with E-state index in [-0.39, 0.29) is 12.1 Å². The normalized spacial score (nSPS) is 12.4. The average Bonchev–Trinajstić information content (AvgIpc) is 2.38. The first-order valence-corrected chi connectivity index (χ1v) is 6.20. The van der Waals surface area contributed by atoms with Crippen molar-refractivity contribution in [2.75, 3.05) is 17.6 Å². The maximum absolute atomic E-state index is 11.8. The monoisotopic (exact) mass is 294 g/mol. The maximum atomic E-state index is 11.8. The van der Waals surface area contributed by atoms with Crippen LogP contribution in [0.1, 0.15) is 6.92 Å². The first-order valence-electron chi connectivity index (χ1n) is 5.82. The van der Waals surface area contributed by atoms with Gasteiger partial charge in [0.2, 0.25) is 0 Å². The van der Waals surface area contributed by atoms with Crippen LogP contribution in [0.5, 0.6) is 0 Å². The van der Waals surface area contributed by atoms with Crippen LogP contribution in [0.2, 0.25) is 5.02 Å². The summed E-state index contributed by atoms with van der Waals surface area (Å²) in [7, 11) is 0. The van der Waals surface area contributed by atoms with Gasteiger partial charge in [-0.25, -0.2) is 0 Å². The van der Waals surface area contributed by atoms with E-state index >= 15 is 0 Å². The van der Waals surface area contributed by atoms with Crippen LogP contribution in [-0.2, 0) is 4.79 Å². The van der Waals surface area contributed by atoms with Gasteiger partial charge in [-0.1, -0.05) is 11.6 Å². The van der Waals surface area contributed by atoms with Crippen molar-refractivity contribution in [3.8, 4) is 6.07 Å². The van der Waals surface area contributed by atoms with Crippen LogP contribution in [0.4, 0.5) is 11.4 Å². The molecule has 5 N–H and O–H groups in total. The largest absolute Gasteiger partial charge is 0.398 e. The Morgan fingerprint density at radius 3 is 2.90 bits per heavy atom. The number of nitrogens with two attached hydrogens (primary N) is 1. The zero-order chi connectivity index (χ0) is 15.1. The molecule has 1 rings (SSSR count). The molecule has 6 nitrogen and oxygen atoms in total. The van der Waals surface area contributed by atoms with Gasteiger partial charge < -0.3 is 21.5 Å². The third-order valence-electron chi connectivity index (χ3n) is 2.28. The van der Waals surface area contributed by atoms with Crippen molar-refractivity contribution in [1.82, 2.24) is 5.32 Å². The number of rotatable bonds is 5. The molecule has 0 heterocycles. The Hall–Kier alpha value is -2.23. The summed E-state index contributed by atoms with van der Waals surface area (Å²) in [5, 5.41) is 23.5. The van der Waals surface area contributed by atoms with Crippen LogP contribution in [0, 0.1) is 11.3 Å². The fourth-order valence-electron chi connectivity index (χ4n) is 1.28. The molecule has 0 saturated heterocycles. The Labute approximate surface area is 121 Å². The molecule has 0 bridgehead atoms. The van der Waals surface area contributed by atoms with Crippen molar-refractivity contribution < 1.29 is 9.90 Å². The Morgan fingerprint density at radius 2 is 2.35 bits per heavy atom. The van der Waals surface area contributed by atoms with Crippen LogP contribution < -0.4 is 16.4 Å². The van der Waals surface area contributed by atoms with Crippen molar-refractivity contribution in [3.05, 3.63) is 35.0 Å². The molecule has 0 saturated carbocycles. The molecule has 1 atom stereocenters. The molecule has 0 radical (unpaired) electrons. The van der Waals surface area contributed by atoms with Gasteiger partial charge in [0.15, 0.2) is 0 Å². The summed E-state index contributed by atoms with van der Waals surface area (Å²) in [6, 6.07) is 6.40. The Morgan fingerprint density at radius 1 is 1.65 bits per heavy atom. The molecule has 1 amide bonds. The van der Waals surface area contributed by atoms with Gasteiger partial charge in [0.1, 0.15) is 11.6 Å². The smallest absolute Gasteiger partial charge is 0.267 e. The third kappa shape index (κ3) is 4.80. The zero-order valence-electron chi connectivity index (χ0n) is 10.9. The van der Waals surface area contributed by atoms with E-state index in [9.17, 15) is 4.79 Å². The summed E-state index contributed by atoms with van der Waals surface area (Å²) in [6.07, 6.45) is 0.672. The summed E-state index contributed by atoms with van der Waals surface area (Å²) in [5.74, 6) is -0.577. The van der Waals surface area contributed by atoms with Crippen molar-refractivity contribution in [3.63, 3.8) is 0 Å². The molecule has 0 spiro atoms. The second-order valence-electron chi connectivity index (χ2n) is 4.12. The van der Waals surface area contributed by atoms with Gasteiger partial charge in [-0.3, -0.25) is 4.79 Å². The number of carbonyl (C=O) groups excluding carboxylic acids is 1. The van der Waals surface area contributed by atoms with Gasteiger partial charge in [-0.2, -0.15) is 5.26 Å². The standard InChI is InChI=1S/C13H15ClN4O2/c1-8(19)6-17-7-9(5-15)13(20)18-10-2-3-12(16)11(14)4-10/h2-4,7-8,17,19H,6,16H2,1H3,(H,18,20)/b9-7-. The van der Waals surface area contributed by atoms with Crippen LogP contribution in [-0.4, -0.2) is 23.7 Å². The summed E-state index contributed by atoms with van der Waals surface area (Å²) < 4.78 is 0. The molecule has 0 aromatic heterocycles. The molecular formula is C13H15ClN4O2. The second-order valence-corrected chi connectivity index (χ2v) is 4.52. The van der Waals surface area contributed by atoms with Crippen LogP contribution in [0.25, 0.3) is 0 Å². The van der Waals surface area contributed by atoms with E-state index in [1.54, 1.807) is 25.1 Å². The summed E-state index contributed by atoms with van der Waals surface area (Å²) in [5.41, 5.74) is 6.28. The first-order chi connectivity index (χ1) is 9.43. The van der Waals surface area contributed by atoms with Gasteiger partial charge in [-0.15, -0.1) is 0 Å². The number of aliphatic hydroxyl groups is 1. The number of aliphatic hydroxyl groups excluding tert-OH is 1. The predicted octanol–water partition coefficient (Wildman–Crippen LogP) is 1.24. The molecule has 1 aromatic rings. The Balaban J connectivity index is 2.72. The number of nitrogens with one attached hydrogen (secondary N) is 2. The highest BCUT2D eigenvalue weighted by Gasteiger charge is 2.10. The lowest BCUT2D eigenvalue weighted by molar-refractivity contribution is -0.112. The molecule has 1 unspecified atom stereocenters. The SMILES string of the molecule is CC(O)CN/C=C(/C#N)C(=O)Nc1ccc(N)c(Cl)c1. The molecule has 7 heteroatoms. The van der Waals surface area contributed by atoms with E-state index in [2.05, 4.69) is 10.6 Å². The zero-order valence-corrected chi connectivity index (χ0v) is 11.6.